The lowest BCUT2D eigenvalue weighted by atomic mass is 10.0. The molecule has 0 radical (unpaired) electrons. The fourth-order valence-corrected chi connectivity index (χ4v) is 3.97. The highest BCUT2D eigenvalue weighted by Gasteiger charge is 2.35. The van der Waals surface area contributed by atoms with Crippen LogP contribution >= 0.6 is 0 Å². The van der Waals surface area contributed by atoms with Gasteiger partial charge in [0.2, 0.25) is 0 Å². The summed E-state index contributed by atoms with van der Waals surface area (Å²) in [6, 6.07) is 1.68. The Morgan fingerprint density at radius 3 is 2.94 bits per heavy atom. The summed E-state index contributed by atoms with van der Waals surface area (Å²) in [6.45, 7) is 9.67. The number of fused-ring (bicyclic) bond motifs is 1. The predicted octanol–water partition coefficient (Wildman–Crippen LogP) is 1.97. The number of ether oxygens (including phenoxy) is 1. The maximum atomic E-state index is 5.49. The second-order valence-corrected chi connectivity index (χ2v) is 6.37. The van der Waals surface area contributed by atoms with E-state index in [2.05, 4.69) is 16.7 Å². The van der Waals surface area contributed by atoms with Crippen molar-refractivity contribution < 1.29 is 4.74 Å². The number of hydrogen-bond acceptors (Lipinski definition) is 3. The van der Waals surface area contributed by atoms with Gasteiger partial charge in [-0.2, -0.15) is 0 Å². The highest BCUT2D eigenvalue weighted by atomic mass is 16.5. The Hall–Kier alpha value is -0.120. The van der Waals surface area contributed by atoms with Gasteiger partial charge >= 0.3 is 0 Å². The average molecular weight is 252 g/mol. The molecule has 3 atom stereocenters. The van der Waals surface area contributed by atoms with E-state index in [0.717, 1.165) is 31.2 Å². The Morgan fingerprint density at radius 1 is 1.22 bits per heavy atom. The molecule has 0 saturated carbocycles. The zero-order valence-electron chi connectivity index (χ0n) is 11.8. The first-order valence-electron chi connectivity index (χ1n) is 7.92. The first-order valence-corrected chi connectivity index (χ1v) is 7.92. The number of hydrogen-bond donors (Lipinski definition) is 0. The van der Waals surface area contributed by atoms with Gasteiger partial charge in [0.25, 0.3) is 0 Å². The summed E-state index contributed by atoms with van der Waals surface area (Å²) in [5, 5.41) is 0. The van der Waals surface area contributed by atoms with Crippen molar-refractivity contribution >= 4 is 0 Å². The van der Waals surface area contributed by atoms with E-state index in [0.29, 0.717) is 0 Å². The molecule has 0 spiro atoms. The monoisotopic (exact) mass is 252 g/mol. The fourth-order valence-electron chi connectivity index (χ4n) is 3.97. The summed E-state index contributed by atoms with van der Waals surface area (Å²) in [5.74, 6) is 0.837. The summed E-state index contributed by atoms with van der Waals surface area (Å²) in [5.41, 5.74) is 0. The van der Waals surface area contributed by atoms with Gasteiger partial charge in [-0.3, -0.25) is 9.80 Å². The van der Waals surface area contributed by atoms with Crippen molar-refractivity contribution in [1.82, 2.24) is 9.80 Å². The molecule has 0 aromatic rings. The molecule has 0 aliphatic carbocycles. The molecule has 3 unspecified atom stereocenters. The highest BCUT2D eigenvalue weighted by Crippen LogP contribution is 2.27. The van der Waals surface area contributed by atoms with E-state index in [4.69, 9.17) is 4.74 Å². The number of nitrogens with zero attached hydrogens (tertiary/aromatic N) is 2. The smallest absolute Gasteiger partial charge is 0.0495 e. The molecule has 104 valence electrons. The van der Waals surface area contributed by atoms with Crippen LogP contribution in [0.5, 0.6) is 0 Å². The lowest BCUT2D eigenvalue weighted by molar-refractivity contribution is 0.0448. The molecule has 3 heterocycles. The van der Waals surface area contributed by atoms with Gasteiger partial charge in [-0.25, -0.2) is 0 Å². The predicted molar refractivity (Wildman–Crippen MR) is 73.8 cm³/mol. The second kappa shape index (κ2) is 5.89. The molecular weight excluding hydrogens is 224 g/mol. The number of rotatable bonds is 4. The Morgan fingerprint density at radius 2 is 2.17 bits per heavy atom. The van der Waals surface area contributed by atoms with Crippen LogP contribution < -0.4 is 0 Å². The molecule has 3 aliphatic rings. The number of piperazine rings is 1. The summed E-state index contributed by atoms with van der Waals surface area (Å²) in [4.78, 5) is 5.52. The van der Waals surface area contributed by atoms with E-state index in [1.165, 1.54) is 58.3 Å². The summed E-state index contributed by atoms with van der Waals surface area (Å²) in [7, 11) is 0. The Balaban J connectivity index is 1.52. The summed E-state index contributed by atoms with van der Waals surface area (Å²) in [6.07, 6.45) is 6.80. The van der Waals surface area contributed by atoms with Crippen molar-refractivity contribution in [1.29, 1.82) is 0 Å². The second-order valence-electron chi connectivity index (χ2n) is 6.37. The van der Waals surface area contributed by atoms with E-state index < -0.39 is 0 Å². The normalized spacial score (nSPS) is 38.2. The van der Waals surface area contributed by atoms with Gasteiger partial charge < -0.3 is 4.74 Å². The van der Waals surface area contributed by atoms with Crippen molar-refractivity contribution in [2.75, 3.05) is 39.4 Å². The first kappa shape index (κ1) is 12.9. The maximum absolute atomic E-state index is 5.49. The van der Waals surface area contributed by atoms with Gasteiger partial charge in [0.05, 0.1) is 0 Å². The molecule has 0 aromatic heterocycles. The zero-order chi connectivity index (χ0) is 12.4. The van der Waals surface area contributed by atoms with E-state index >= 15 is 0 Å². The van der Waals surface area contributed by atoms with Gasteiger partial charge in [-0.1, -0.05) is 6.92 Å². The molecule has 18 heavy (non-hydrogen) atoms. The van der Waals surface area contributed by atoms with Crippen molar-refractivity contribution in [3.8, 4) is 0 Å². The third kappa shape index (κ3) is 2.73. The zero-order valence-corrected chi connectivity index (χ0v) is 11.8. The van der Waals surface area contributed by atoms with Crippen molar-refractivity contribution in [3.63, 3.8) is 0 Å². The summed E-state index contributed by atoms with van der Waals surface area (Å²) >= 11 is 0. The SMILES string of the molecule is CCC1CN2CCCC2CN1CCC1CCOC1. The lowest BCUT2D eigenvalue weighted by Gasteiger charge is -2.43. The van der Waals surface area contributed by atoms with Crippen LogP contribution in [-0.2, 0) is 4.74 Å². The van der Waals surface area contributed by atoms with Crippen LogP contribution in [-0.4, -0.2) is 61.3 Å². The van der Waals surface area contributed by atoms with E-state index in [1.807, 2.05) is 0 Å². The lowest BCUT2D eigenvalue weighted by Crippen LogP contribution is -2.56. The molecule has 0 N–H and O–H groups in total. The first-order chi connectivity index (χ1) is 8.86. The average Bonchev–Trinajstić information content (AvgIpc) is 3.05. The van der Waals surface area contributed by atoms with Gasteiger partial charge in [-0.15, -0.1) is 0 Å². The van der Waals surface area contributed by atoms with Gasteiger partial charge in [0.15, 0.2) is 0 Å². The van der Waals surface area contributed by atoms with Gasteiger partial charge in [-0.05, 0) is 51.1 Å². The quantitative estimate of drug-likeness (QED) is 0.761. The van der Waals surface area contributed by atoms with Crippen LogP contribution in [0.3, 0.4) is 0 Å². The van der Waals surface area contributed by atoms with Crippen LogP contribution in [0.25, 0.3) is 0 Å². The van der Waals surface area contributed by atoms with Gasteiger partial charge in [0, 0.05) is 38.4 Å². The molecule has 0 aromatic carbocycles. The minimum atomic E-state index is 0.807. The third-order valence-corrected chi connectivity index (χ3v) is 5.23. The molecule has 3 rings (SSSR count). The largest absolute Gasteiger partial charge is 0.381 e. The van der Waals surface area contributed by atoms with Crippen LogP contribution in [0.15, 0.2) is 0 Å². The molecular formula is C15H28N2O. The van der Waals surface area contributed by atoms with Gasteiger partial charge in [0.1, 0.15) is 0 Å². The van der Waals surface area contributed by atoms with Crippen LogP contribution in [0.1, 0.15) is 39.0 Å². The molecule has 3 nitrogen and oxygen atoms in total. The molecule has 3 fully saturated rings. The third-order valence-electron chi connectivity index (χ3n) is 5.23. The Labute approximate surface area is 111 Å². The van der Waals surface area contributed by atoms with Crippen LogP contribution in [0.2, 0.25) is 0 Å². The minimum absolute atomic E-state index is 0.807. The van der Waals surface area contributed by atoms with Crippen LogP contribution in [0, 0.1) is 5.92 Å². The Bertz CT molecular complexity index is 265. The topological polar surface area (TPSA) is 15.7 Å². The molecule has 3 saturated heterocycles. The minimum Gasteiger partial charge on any atom is -0.381 e. The molecule has 3 aliphatic heterocycles. The highest BCUT2D eigenvalue weighted by molar-refractivity contribution is 4.91. The molecule has 3 heteroatoms. The fraction of sp³-hybridized carbons (Fsp3) is 1.00. The summed E-state index contributed by atoms with van der Waals surface area (Å²) < 4.78 is 5.49. The van der Waals surface area contributed by atoms with E-state index in [-0.39, 0.29) is 0 Å². The van der Waals surface area contributed by atoms with E-state index in [1.54, 1.807) is 0 Å². The van der Waals surface area contributed by atoms with Crippen molar-refractivity contribution in [2.24, 2.45) is 5.92 Å². The van der Waals surface area contributed by atoms with Crippen molar-refractivity contribution in [3.05, 3.63) is 0 Å². The maximum Gasteiger partial charge on any atom is 0.0495 e. The van der Waals surface area contributed by atoms with E-state index in [9.17, 15) is 0 Å². The standard InChI is InChI=1S/C15H28N2O/c1-2-14-10-16-7-3-4-15(16)11-17(14)8-5-13-6-9-18-12-13/h13-15H,2-12H2,1H3. The molecule has 0 amide bonds. The van der Waals surface area contributed by atoms with Crippen LogP contribution in [0.4, 0.5) is 0 Å². The molecule has 0 bridgehead atoms. The van der Waals surface area contributed by atoms with Crippen molar-refractivity contribution in [2.45, 2.75) is 51.1 Å². The Kier molecular flexibility index (Phi) is 4.22.